The second kappa shape index (κ2) is 14.1. The molecule has 0 fully saturated rings. The Bertz CT molecular complexity index is 2600. The first-order chi connectivity index (χ1) is 25.4. The lowest BCUT2D eigenvalue weighted by atomic mass is 10.1. The molecule has 0 spiro atoms. The Balaban J connectivity index is 1.14. The van der Waals surface area contributed by atoms with E-state index in [-0.39, 0.29) is 65.9 Å². The molecular formula is C37H30N4O11S2. The number of aromatic hydroxyl groups is 2. The van der Waals surface area contributed by atoms with E-state index in [1.807, 2.05) is 0 Å². The van der Waals surface area contributed by atoms with E-state index in [4.69, 9.17) is 0 Å². The second-order valence-electron chi connectivity index (χ2n) is 12.2. The van der Waals surface area contributed by atoms with E-state index in [1.165, 1.54) is 60.7 Å². The van der Waals surface area contributed by atoms with E-state index in [9.17, 15) is 50.5 Å². The van der Waals surface area contributed by atoms with Gasteiger partial charge in [0.1, 0.15) is 11.5 Å². The fourth-order valence-corrected chi connectivity index (χ4v) is 6.70. The van der Waals surface area contributed by atoms with Crippen molar-refractivity contribution in [2.45, 2.75) is 23.6 Å². The molecule has 0 unspecified atom stereocenters. The van der Waals surface area contributed by atoms with Crippen LogP contribution in [0.15, 0.2) is 107 Å². The number of urea groups is 1. The van der Waals surface area contributed by atoms with Gasteiger partial charge in [-0.25, -0.2) is 4.79 Å². The van der Waals surface area contributed by atoms with Crippen LogP contribution in [0, 0.1) is 13.8 Å². The SMILES string of the molecule is Cc1ccc(NC(=O)Nc2ccc(C)c(C(=O)Nc3ccc4cc(S(=O)(=O)O)ccc4c3O)c2)cc1C(=O)Nc1ccc2cc(S(=O)(=O)O)ccc2c1O. The minimum absolute atomic E-state index is 0.0342. The van der Waals surface area contributed by atoms with Gasteiger partial charge in [0.2, 0.25) is 0 Å². The van der Waals surface area contributed by atoms with E-state index in [0.29, 0.717) is 21.9 Å². The van der Waals surface area contributed by atoms with Crippen LogP contribution in [-0.2, 0) is 20.2 Å². The van der Waals surface area contributed by atoms with Crippen LogP contribution in [0.3, 0.4) is 0 Å². The average molecular weight is 771 g/mol. The molecule has 0 aromatic heterocycles. The van der Waals surface area contributed by atoms with Gasteiger partial charge in [-0.1, -0.05) is 24.3 Å². The molecule has 0 aliphatic carbocycles. The summed E-state index contributed by atoms with van der Waals surface area (Å²) in [6, 6.07) is 21.4. The molecule has 8 N–H and O–H groups in total. The number of rotatable bonds is 8. The topological polar surface area (TPSA) is 249 Å². The summed E-state index contributed by atoms with van der Waals surface area (Å²) in [5.41, 5.74) is 1.97. The van der Waals surface area contributed by atoms with Crippen molar-refractivity contribution in [3.8, 4) is 11.5 Å². The van der Waals surface area contributed by atoms with Gasteiger partial charge in [-0.05, 0) is 109 Å². The van der Waals surface area contributed by atoms with E-state index < -0.39 is 38.1 Å². The molecule has 0 saturated carbocycles. The largest absolute Gasteiger partial charge is 0.505 e. The van der Waals surface area contributed by atoms with Crippen molar-refractivity contribution in [2.75, 3.05) is 21.3 Å². The van der Waals surface area contributed by atoms with E-state index in [0.717, 1.165) is 12.1 Å². The van der Waals surface area contributed by atoms with Crippen molar-refractivity contribution in [3.05, 3.63) is 119 Å². The lowest BCUT2D eigenvalue weighted by Gasteiger charge is -2.14. The molecule has 0 atom stereocenters. The first-order valence-corrected chi connectivity index (χ1v) is 18.7. The Hall–Kier alpha value is -6.53. The smallest absolute Gasteiger partial charge is 0.323 e. The summed E-state index contributed by atoms with van der Waals surface area (Å²) in [5.74, 6) is -1.89. The highest BCUT2D eigenvalue weighted by Gasteiger charge is 2.19. The Morgan fingerprint density at radius 1 is 0.500 bits per heavy atom. The fourth-order valence-electron chi connectivity index (χ4n) is 5.67. The molecule has 4 amide bonds. The number of phenolic OH excluding ortho intramolecular Hbond substituents is 2. The molecule has 54 heavy (non-hydrogen) atoms. The van der Waals surface area contributed by atoms with Crippen LogP contribution in [0.5, 0.6) is 11.5 Å². The monoisotopic (exact) mass is 770 g/mol. The highest BCUT2D eigenvalue weighted by Crippen LogP contribution is 2.36. The molecule has 0 aliphatic heterocycles. The van der Waals surface area contributed by atoms with Crippen LogP contribution in [0.25, 0.3) is 21.5 Å². The van der Waals surface area contributed by atoms with Crippen LogP contribution < -0.4 is 21.3 Å². The number of aryl methyl sites for hydroxylation is 2. The Labute approximate surface area is 307 Å². The summed E-state index contributed by atoms with van der Waals surface area (Å²) in [6.45, 7) is 3.35. The molecule has 0 heterocycles. The first-order valence-electron chi connectivity index (χ1n) is 15.8. The van der Waals surface area contributed by atoms with Gasteiger partial charge >= 0.3 is 6.03 Å². The van der Waals surface area contributed by atoms with Gasteiger partial charge in [0.25, 0.3) is 32.1 Å². The van der Waals surface area contributed by atoms with Gasteiger partial charge < -0.3 is 31.5 Å². The number of benzene rings is 6. The number of anilines is 4. The number of carbonyl (C=O) groups excluding carboxylic acids is 3. The lowest BCUT2D eigenvalue weighted by molar-refractivity contribution is 0.101. The normalized spacial score (nSPS) is 11.6. The molecule has 6 rings (SSSR count). The van der Waals surface area contributed by atoms with E-state index in [1.54, 1.807) is 38.1 Å². The van der Waals surface area contributed by atoms with Crippen LogP contribution in [0.2, 0.25) is 0 Å². The summed E-state index contributed by atoms with van der Waals surface area (Å²) < 4.78 is 64.6. The van der Waals surface area contributed by atoms with Gasteiger partial charge in [-0.2, -0.15) is 16.8 Å². The zero-order valence-electron chi connectivity index (χ0n) is 28.2. The fraction of sp³-hybridized carbons (Fsp3) is 0.0541. The molecule has 0 bridgehead atoms. The highest BCUT2D eigenvalue weighted by molar-refractivity contribution is 7.86. The number of fused-ring (bicyclic) bond motifs is 2. The number of amides is 4. The first kappa shape index (κ1) is 37.2. The van der Waals surface area contributed by atoms with Crippen molar-refractivity contribution < 1.29 is 50.5 Å². The molecule has 276 valence electrons. The third-order valence-corrected chi connectivity index (χ3v) is 10.2. The number of hydrogen-bond acceptors (Lipinski definition) is 9. The Kier molecular flexibility index (Phi) is 9.74. The quantitative estimate of drug-likeness (QED) is 0.0600. The predicted molar refractivity (Wildman–Crippen MR) is 202 cm³/mol. The maximum atomic E-state index is 13.3. The minimum Gasteiger partial charge on any atom is -0.505 e. The Morgan fingerprint density at radius 2 is 0.889 bits per heavy atom. The summed E-state index contributed by atoms with van der Waals surface area (Å²) in [6.07, 6.45) is 0. The number of phenols is 2. The number of carbonyl (C=O) groups is 3. The summed E-state index contributed by atoms with van der Waals surface area (Å²) in [7, 11) is -8.93. The molecule has 17 heteroatoms. The van der Waals surface area contributed by atoms with Crippen LogP contribution in [-0.4, -0.2) is 54.0 Å². The van der Waals surface area contributed by atoms with Gasteiger partial charge in [0.05, 0.1) is 21.2 Å². The highest BCUT2D eigenvalue weighted by atomic mass is 32.2. The van der Waals surface area contributed by atoms with Crippen LogP contribution in [0.4, 0.5) is 27.5 Å². The van der Waals surface area contributed by atoms with Crippen LogP contribution >= 0.6 is 0 Å². The molecule has 6 aromatic carbocycles. The van der Waals surface area contributed by atoms with E-state index >= 15 is 0 Å². The third kappa shape index (κ3) is 7.79. The third-order valence-electron chi connectivity index (χ3n) is 8.50. The average Bonchev–Trinajstić information content (AvgIpc) is 3.11. The Morgan fingerprint density at radius 3 is 1.26 bits per heavy atom. The number of nitrogens with one attached hydrogen (secondary N) is 4. The van der Waals surface area contributed by atoms with Gasteiger partial charge in [0.15, 0.2) is 0 Å². The van der Waals surface area contributed by atoms with Gasteiger partial charge in [0, 0.05) is 33.3 Å². The second-order valence-corrected chi connectivity index (χ2v) is 15.0. The predicted octanol–water partition coefficient (Wildman–Crippen LogP) is 6.66. The molecule has 0 radical (unpaired) electrons. The van der Waals surface area contributed by atoms with Crippen molar-refractivity contribution >= 4 is 82.4 Å². The van der Waals surface area contributed by atoms with Gasteiger partial charge in [-0.15, -0.1) is 0 Å². The maximum absolute atomic E-state index is 13.3. The summed E-state index contributed by atoms with van der Waals surface area (Å²) in [4.78, 5) is 38.9. The summed E-state index contributed by atoms with van der Waals surface area (Å²) >= 11 is 0. The van der Waals surface area contributed by atoms with Crippen LogP contribution in [0.1, 0.15) is 31.8 Å². The van der Waals surface area contributed by atoms with Crippen molar-refractivity contribution in [1.82, 2.24) is 0 Å². The molecule has 0 aliphatic rings. The molecule has 6 aromatic rings. The van der Waals surface area contributed by atoms with Crippen molar-refractivity contribution in [2.24, 2.45) is 0 Å². The molecule has 0 saturated heterocycles. The molecule has 15 nitrogen and oxygen atoms in total. The van der Waals surface area contributed by atoms with E-state index in [2.05, 4.69) is 21.3 Å². The molecular weight excluding hydrogens is 741 g/mol. The minimum atomic E-state index is -4.46. The zero-order chi connectivity index (χ0) is 39.1. The zero-order valence-corrected chi connectivity index (χ0v) is 29.8. The number of hydrogen-bond donors (Lipinski definition) is 8. The van der Waals surface area contributed by atoms with Gasteiger partial charge in [-0.3, -0.25) is 18.7 Å². The van der Waals surface area contributed by atoms with Crippen molar-refractivity contribution in [1.29, 1.82) is 0 Å². The maximum Gasteiger partial charge on any atom is 0.323 e. The summed E-state index contributed by atoms with van der Waals surface area (Å²) in [5, 5.41) is 33.2. The van der Waals surface area contributed by atoms with Crippen molar-refractivity contribution in [3.63, 3.8) is 0 Å². The lowest BCUT2D eigenvalue weighted by Crippen LogP contribution is -2.21. The standard InChI is InChI=1S/C37H30N4O11S2/c1-19-3-7-23(17-29(19)35(44)40-31-13-5-21-15-25(53(47,48)49)9-11-27(21)33(31)42)38-37(46)39-24-8-4-20(2)30(18-24)36(45)41-32-14-6-22-16-26(54(50,51)52)10-12-28(22)34(32)43/h3-18,42-43H,1-2H3,(H,40,44)(H,41,45)(H2,38,39,46)(H,47,48,49)(H,50,51,52).